The van der Waals surface area contributed by atoms with Gasteiger partial charge in [0.2, 0.25) is 0 Å². The van der Waals surface area contributed by atoms with Crippen molar-refractivity contribution in [3.8, 4) is 0 Å². The summed E-state index contributed by atoms with van der Waals surface area (Å²) >= 11 is 0. The minimum absolute atomic E-state index is 0.108. The third-order valence-corrected chi connectivity index (χ3v) is 20.0. The summed E-state index contributed by atoms with van der Waals surface area (Å²) in [5.41, 5.74) is 0. The van der Waals surface area contributed by atoms with Crippen molar-refractivity contribution in [1.82, 2.24) is 0 Å². The van der Waals surface area contributed by atoms with Crippen LogP contribution in [0.2, 0.25) is 0 Å². The number of unbranched alkanes of at least 4 members (excludes halogenated alkanes) is 52. The summed E-state index contributed by atoms with van der Waals surface area (Å²) < 4.78 is 68.6. The number of hydrogen-bond donors (Lipinski definition) is 3. The number of esters is 4. The van der Waals surface area contributed by atoms with Crippen molar-refractivity contribution in [2.24, 2.45) is 0 Å². The average molecular weight is 1410 g/mol. The van der Waals surface area contributed by atoms with Crippen LogP contribution in [0.15, 0.2) is 0 Å². The fraction of sp³-hybridized carbons (Fsp3) is 0.948. The Hall–Kier alpha value is -1.94. The molecule has 5 atom stereocenters. The normalized spacial score (nSPS) is 13.9. The first kappa shape index (κ1) is 94.1. The molecular weight excluding hydrogens is 1260 g/mol. The monoisotopic (exact) mass is 1410 g/mol. The van der Waals surface area contributed by atoms with Crippen LogP contribution in [0.5, 0.6) is 0 Å². The van der Waals surface area contributed by atoms with E-state index in [1.165, 1.54) is 244 Å². The van der Waals surface area contributed by atoms with Crippen LogP contribution in [0.3, 0.4) is 0 Å². The third kappa shape index (κ3) is 70.5. The summed E-state index contributed by atoms with van der Waals surface area (Å²) in [4.78, 5) is 72.9. The molecule has 2 unspecified atom stereocenters. The van der Waals surface area contributed by atoms with Gasteiger partial charge < -0.3 is 33.8 Å². The van der Waals surface area contributed by atoms with Gasteiger partial charge in [0.25, 0.3) is 0 Å². The summed E-state index contributed by atoms with van der Waals surface area (Å²) in [7, 11) is -9.91. The smallest absolute Gasteiger partial charge is 0.462 e. The van der Waals surface area contributed by atoms with Crippen LogP contribution in [-0.4, -0.2) is 96.7 Å². The van der Waals surface area contributed by atoms with Gasteiger partial charge in [0.05, 0.1) is 26.4 Å². The van der Waals surface area contributed by atoms with E-state index in [4.69, 9.17) is 37.0 Å². The number of carbonyl (C=O) groups excluding carboxylic acids is 4. The number of rotatable bonds is 78. The fourth-order valence-electron chi connectivity index (χ4n) is 11.9. The molecule has 570 valence electrons. The molecule has 96 heavy (non-hydrogen) atoms. The molecule has 0 saturated heterocycles. The summed E-state index contributed by atoms with van der Waals surface area (Å²) in [5, 5.41) is 10.6. The Labute approximate surface area is 588 Å². The lowest BCUT2D eigenvalue weighted by Gasteiger charge is -2.21. The van der Waals surface area contributed by atoms with Gasteiger partial charge in [-0.3, -0.25) is 37.3 Å². The zero-order chi connectivity index (χ0) is 70.4. The molecule has 0 radical (unpaired) electrons. The Bertz CT molecular complexity index is 1830. The maximum Gasteiger partial charge on any atom is 0.472 e. The number of aliphatic hydroxyl groups is 1. The fourth-order valence-corrected chi connectivity index (χ4v) is 13.5. The Balaban J connectivity index is 5.24. The van der Waals surface area contributed by atoms with Crippen LogP contribution in [0.4, 0.5) is 0 Å². The van der Waals surface area contributed by atoms with Crippen LogP contribution in [-0.2, 0) is 65.4 Å². The van der Waals surface area contributed by atoms with E-state index in [1.807, 2.05) is 0 Å². The Morgan fingerprint density at radius 2 is 0.417 bits per heavy atom. The molecule has 0 bridgehead atoms. The molecule has 17 nitrogen and oxygen atoms in total. The van der Waals surface area contributed by atoms with Crippen LogP contribution in [0.1, 0.15) is 413 Å². The van der Waals surface area contributed by atoms with E-state index in [2.05, 4.69) is 27.7 Å². The van der Waals surface area contributed by atoms with Crippen molar-refractivity contribution in [2.45, 2.75) is 431 Å². The Kier molecular flexibility index (Phi) is 70.0. The van der Waals surface area contributed by atoms with Gasteiger partial charge in [-0.1, -0.05) is 362 Å². The largest absolute Gasteiger partial charge is 0.472 e. The maximum absolute atomic E-state index is 13.1. The van der Waals surface area contributed by atoms with E-state index in [1.54, 1.807) is 0 Å². The highest BCUT2D eigenvalue weighted by Gasteiger charge is 2.30. The van der Waals surface area contributed by atoms with E-state index in [9.17, 15) is 43.2 Å². The maximum atomic E-state index is 13.1. The lowest BCUT2D eigenvalue weighted by Crippen LogP contribution is -2.30. The van der Waals surface area contributed by atoms with E-state index >= 15 is 0 Å². The molecule has 0 amide bonds. The molecule has 0 aliphatic heterocycles. The van der Waals surface area contributed by atoms with Gasteiger partial charge in [-0.15, -0.1) is 0 Å². The molecule has 0 aromatic carbocycles. The molecular formula is C77H150O17P2. The summed E-state index contributed by atoms with van der Waals surface area (Å²) in [5.74, 6) is -2.11. The molecule has 0 aliphatic carbocycles. The first-order valence-electron chi connectivity index (χ1n) is 40.3. The second-order valence-electron chi connectivity index (χ2n) is 27.7. The molecule has 0 spiro atoms. The zero-order valence-corrected chi connectivity index (χ0v) is 64.1. The lowest BCUT2D eigenvalue weighted by molar-refractivity contribution is -0.161. The quantitative estimate of drug-likeness (QED) is 0.0222. The highest BCUT2D eigenvalue weighted by Crippen LogP contribution is 2.45. The molecule has 0 rings (SSSR count). The van der Waals surface area contributed by atoms with E-state index in [0.717, 1.165) is 89.9 Å². The minimum atomic E-state index is -4.96. The summed E-state index contributed by atoms with van der Waals surface area (Å²) in [6.07, 6.45) is 62.2. The third-order valence-electron chi connectivity index (χ3n) is 18.1. The van der Waals surface area contributed by atoms with Crippen LogP contribution in [0.25, 0.3) is 0 Å². The molecule has 0 fully saturated rings. The number of phosphoric ester groups is 2. The van der Waals surface area contributed by atoms with E-state index in [0.29, 0.717) is 25.7 Å². The van der Waals surface area contributed by atoms with Crippen LogP contribution in [0, 0.1) is 0 Å². The zero-order valence-electron chi connectivity index (χ0n) is 62.4. The van der Waals surface area contributed by atoms with Crippen LogP contribution < -0.4 is 0 Å². The molecule has 0 aromatic rings. The van der Waals surface area contributed by atoms with Crippen molar-refractivity contribution >= 4 is 39.5 Å². The van der Waals surface area contributed by atoms with Gasteiger partial charge in [0.1, 0.15) is 19.3 Å². The number of carbonyl (C=O) groups is 4. The molecule has 19 heteroatoms. The van der Waals surface area contributed by atoms with Crippen molar-refractivity contribution < 1.29 is 80.2 Å². The van der Waals surface area contributed by atoms with Gasteiger partial charge in [0, 0.05) is 25.7 Å². The average Bonchev–Trinajstić information content (AvgIpc) is 3.67. The number of phosphoric acid groups is 2. The minimum Gasteiger partial charge on any atom is -0.462 e. The molecule has 0 aromatic heterocycles. The summed E-state index contributed by atoms with van der Waals surface area (Å²) in [6, 6.07) is 0. The first-order valence-corrected chi connectivity index (χ1v) is 43.3. The van der Waals surface area contributed by atoms with Gasteiger partial charge in [-0.25, -0.2) is 9.13 Å². The SMILES string of the molecule is CCCCCCCCCCCCCCCCCCCCC(=O)O[C@H](COC(=O)CCCCCCCCCCCCCCCCC)COP(=O)(O)OC[C@@H](O)COP(=O)(O)OC[C@@H](COC(=O)CCCCCCCCCCCCC)OC(=O)CCCCCCCCCCCCCC. The second-order valence-corrected chi connectivity index (χ2v) is 30.7. The lowest BCUT2D eigenvalue weighted by atomic mass is 10.0. The molecule has 0 heterocycles. The van der Waals surface area contributed by atoms with Gasteiger partial charge >= 0.3 is 39.5 Å². The van der Waals surface area contributed by atoms with Gasteiger partial charge in [0.15, 0.2) is 12.2 Å². The topological polar surface area (TPSA) is 237 Å². The number of aliphatic hydroxyl groups excluding tert-OH is 1. The molecule has 0 aliphatic rings. The predicted octanol–water partition coefficient (Wildman–Crippen LogP) is 23.0. The number of ether oxygens (including phenoxy) is 4. The van der Waals surface area contributed by atoms with Crippen LogP contribution >= 0.6 is 15.6 Å². The highest BCUT2D eigenvalue weighted by atomic mass is 31.2. The first-order chi connectivity index (χ1) is 46.7. The van der Waals surface area contributed by atoms with Crippen molar-refractivity contribution in [3.05, 3.63) is 0 Å². The molecule has 0 saturated carbocycles. The van der Waals surface area contributed by atoms with E-state index < -0.39 is 97.5 Å². The number of hydrogen-bond acceptors (Lipinski definition) is 15. The van der Waals surface area contributed by atoms with Crippen molar-refractivity contribution in [1.29, 1.82) is 0 Å². The van der Waals surface area contributed by atoms with E-state index in [-0.39, 0.29) is 25.7 Å². The highest BCUT2D eigenvalue weighted by molar-refractivity contribution is 7.47. The van der Waals surface area contributed by atoms with Crippen molar-refractivity contribution in [2.75, 3.05) is 39.6 Å². The standard InChI is InChI=1S/C77H150O17P2/c1-5-9-13-17-21-25-29-32-34-35-36-38-40-44-48-52-56-60-64-77(82)94-73(68-88-75(80)62-58-54-50-46-43-39-37-33-30-26-22-18-14-10-6-2)70-92-96(85,86)90-66-71(78)65-89-95(83,84)91-69-72(67-87-74(79)61-57-53-49-45-41-28-24-20-16-12-8-4)93-76(81)63-59-55-51-47-42-31-27-23-19-15-11-7-3/h71-73,78H,5-70H2,1-4H3,(H,83,84)(H,85,86)/t71-,72+,73+/m0/s1. The second kappa shape index (κ2) is 71.5. The Morgan fingerprint density at radius 3 is 0.615 bits per heavy atom. The Morgan fingerprint density at radius 1 is 0.250 bits per heavy atom. The van der Waals surface area contributed by atoms with Crippen molar-refractivity contribution in [3.63, 3.8) is 0 Å². The summed E-state index contributed by atoms with van der Waals surface area (Å²) in [6.45, 7) is 5.00. The van der Waals surface area contributed by atoms with Gasteiger partial charge in [-0.2, -0.15) is 0 Å². The molecule has 3 N–H and O–H groups in total. The predicted molar refractivity (Wildman–Crippen MR) is 391 cm³/mol. The van der Waals surface area contributed by atoms with Gasteiger partial charge in [-0.05, 0) is 25.7 Å².